The first-order valence-corrected chi connectivity index (χ1v) is 6.69. The highest BCUT2D eigenvalue weighted by Gasteiger charge is 2.10. The largest absolute Gasteiger partial charge is 0.351 e. The second-order valence-corrected chi connectivity index (χ2v) is 4.71. The summed E-state index contributed by atoms with van der Waals surface area (Å²) < 4.78 is 0. The van der Waals surface area contributed by atoms with Crippen LogP contribution in [0.4, 0.5) is 0 Å². The van der Waals surface area contributed by atoms with Gasteiger partial charge in [-0.15, -0.1) is 0 Å². The van der Waals surface area contributed by atoms with Crippen LogP contribution in [0.5, 0.6) is 0 Å². The Labute approximate surface area is 122 Å². The zero-order valence-electron chi connectivity index (χ0n) is 10.5. The number of carbonyl (C=O) groups excluding carboxylic acids is 1. The number of benzene rings is 1. The molecule has 0 fully saturated rings. The minimum atomic E-state index is -0.396. The van der Waals surface area contributed by atoms with Crippen molar-refractivity contribution in [2.24, 2.45) is 0 Å². The Morgan fingerprint density at radius 3 is 2.84 bits per heavy atom. The lowest BCUT2D eigenvalue weighted by Crippen LogP contribution is -2.25. The van der Waals surface area contributed by atoms with Gasteiger partial charge < -0.3 is 5.32 Å². The van der Waals surface area contributed by atoms with E-state index in [2.05, 4.69) is 5.32 Å². The summed E-state index contributed by atoms with van der Waals surface area (Å²) in [6, 6.07) is 6.93. The molecule has 1 aromatic carbocycles. The van der Waals surface area contributed by atoms with E-state index in [-0.39, 0.29) is 5.57 Å². The van der Waals surface area contributed by atoms with Gasteiger partial charge in [-0.3, -0.25) is 4.79 Å². The molecule has 100 valence electrons. The van der Waals surface area contributed by atoms with Gasteiger partial charge in [0.1, 0.15) is 11.6 Å². The topological polar surface area (TPSA) is 52.9 Å². The van der Waals surface area contributed by atoms with Gasteiger partial charge >= 0.3 is 0 Å². The van der Waals surface area contributed by atoms with Gasteiger partial charge in [-0.1, -0.05) is 48.7 Å². The third-order valence-corrected chi connectivity index (χ3v) is 3.30. The number of hydrogen-bond donors (Lipinski definition) is 1. The molecule has 1 amide bonds. The Balaban J connectivity index is 2.90. The van der Waals surface area contributed by atoms with Crippen LogP contribution in [0.1, 0.15) is 25.3 Å². The van der Waals surface area contributed by atoms with Crippen molar-refractivity contribution in [3.05, 3.63) is 39.4 Å². The van der Waals surface area contributed by atoms with Crippen molar-refractivity contribution >= 4 is 35.2 Å². The monoisotopic (exact) mass is 296 g/mol. The Morgan fingerprint density at radius 2 is 2.21 bits per heavy atom. The molecule has 1 rings (SSSR count). The quantitative estimate of drug-likeness (QED) is 0.510. The fourth-order valence-corrected chi connectivity index (χ4v) is 1.77. The Morgan fingerprint density at radius 1 is 1.47 bits per heavy atom. The van der Waals surface area contributed by atoms with Gasteiger partial charge in [0, 0.05) is 6.54 Å². The summed E-state index contributed by atoms with van der Waals surface area (Å²) in [5, 5.41) is 12.4. The average molecular weight is 297 g/mol. The van der Waals surface area contributed by atoms with Gasteiger partial charge in [0.25, 0.3) is 5.91 Å². The molecule has 3 nitrogen and oxygen atoms in total. The zero-order valence-corrected chi connectivity index (χ0v) is 12.1. The zero-order chi connectivity index (χ0) is 14.3. The summed E-state index contributed by atoms with van der Waals surface area (Å²) in [7, 11) is 0. The first-order valence-electron chi connectivity index (χ1n) is 5.94. The van der Waals surface area contributed by atoms with Crippen LogP contribution in [0, 0.1) is 11.3 Å². The Bertz CT molecular complexity index is 533. The van der Waals surface area contributed by atoms with Crippen LogP contribution in [0.3, 0.4) is 0 Å². The van der Waals surface area contributed by atoms with E-state index in [0.717, 1.165) is 12.8 Å². The minimum absolute atomic E-state index is 0.0141. The molecule has 0 saturated heterocycles. The highest BCUT2D eigenvalue weighted by atomic mass is 35.5. The SMILES string of the molecule is CCCCNC(=O)/C(C#N)=C/c1cccc(Cl)c1Cl. The van der Waals surface area contributed by atoms with Crippen molar-refractivity contribution in [3.63, 3.8) is 0 Å². The van der Waals surface area contributed by atoms with Crippen molar-refractivity contribution in [1.29, 1.82) is 5.26 Å². The molecular weight excluding hydrogens is 283 g/mol. The maximum Gasteiger partial charge on any atom is 0.261 e. The van der Waals surface area contributed by atoms with E-state index in [0.29, 0.717) is 22.2 Å². The Kier molecular flexibility index (Phi) is 6.41. The molecule has 0 spiro atoms. The summed E-state index contributed by atoms with van der Waals surface area (Å²) >= 11 is 11.9. The number of carbonyl (C=O) groups is 1. The van der Waals surface area contributed by atoms with Gasteiger partial charge in [-0.2, -0.15) is 5.26 Å². The second kappa shape index (κ2) is 7.83. The van der Waals surface area contributed by atoms with Gasteiger partial charge in [0.15, 0.2) is 0 Å². The van der Waals surface area contributed by atoms with Crippen LogP contribution >= 0.6 is 23.2 Å². The fourth-order valence-electron chi connectivity index (χ4n) is 1.41. The lowest BCUT2D eigenvalue weighted by Gasteiger charge is -2.04. The van der Waals surface area contributed by atoms with Crippen LogP contribution in [0.15, 0.2) is 23.8 Å². The van der Waals surface area contributed by atoms with Gasteiger partial charge in [-0.25, -0.2) is 0 Å². The van der Waals surface area contributed by atoms with Gasteiger partial charge in [0.05, 0.1) is 10.0 Å². The third-order valence-electron chi connectivity index (χ3n) is 2.46. The van der Waals surface area contributed by atoms with Crippen molar-refractivity contribution in [1.82, 2.24) is 5.32 Å². The summed E-state index contributed by atoms with van der Waals surface area (Å²) in [6.45, 7) is 2.58. The standard InChI is InChI=1S/C14H14Cl2N2O/c1-2-3-7-18-14(19)11(9-17)8-10-5-4-6-12(15)13(10)16/h4-6,8H,2-3,7H2,1H3,(H,18,19)/b11-8+. The molecule has 0 aliphatic rings. The van der Waals surface area contributed by atoms with Crippen LogP contribution in [-0.2, 0) is 4.79 Å². The van der Waals surface area contributed by atoms with E-state index in [4.69, 9.17) is 28.5 Å². The molecule has 1 aromatic rings. The molecule has 19 heavy (non-hydrogen) atoms. The van der Waals surface area contributed by atoms with E-state index in [1.54, 1.807) is 18.2 Å². The van der Waals surface area contributed by atoms with Crippen molar-refractivity contribution in [3.8, 4) is 6.07 Å². The van der Waals surface area contributed by atoms with Crippen molar-refractivity contribution in [2.75, 3.05) is 6.54 Å². The number of nitrogens with one attached hydrogen (secondary N) is 1. The molecule has 5 heteroatoms. The van der Waals surface area contributed by atoms with E-state index < -0.39 is 5.91 Å². The summed E-state index contributed by atoms with van der Waals surface area (Å²) in [5.74, 6) is -0.396. The lowest BCUT2D eigenvalue weighted by atomic mass is 10.1. The predicted octanol–water partition coefficient (Wildman–Crippen LogP) is 3.82. The number of nitriles is 1. The average Bonchev–Trinajstić information content (AvgIpc) is 2.40. The van der Waals surface area contributed by atoms with Crippen LogP contribution in [0.25, 0.3) is 6.08 Å². The minimum Gasteiger partial charge on any atom is -0.351 e. The molecule has 0 radical (unpaired) electrons. The number of unbranched alkanes of at least 4 members (excludes halogenated alkanes) is 1. The molecular formula is C14H14Cl2N2O. The number of amides is 1. The molecule has 0 aliphatic heterocycles. The molecule has 0 aromatic heterocycles. The Hall–Kier alpha value is -1.50. The molecule has 0 bridgehead atoms. The molecule has 0 atom stereocenters. The summed E-state index contributed by atoms with van der Waals surface area (Å²) in [6.07, 6.45) is 3.30. The van der Waals surface area contributed by atoms with Crippen LogP contribution < -0.4 is 5.32 Å². The van der Waals surface area contributed by atoms with Gasteiger partial charge in [-0.05, 0) is 24.1 Å². The van der Waals surface area contributed by atoms with Gasteiger partial charge in [0.2, 0.25) is 0 Å². The van der Waals surface area contributed by atoms with E-state index >= 15 is 0 Å². The highest BCUT2D eigenvalue weighted by molar-refractivity contribution is 6.43. The smallest absolute Gasteiger partial charge is 0.261 e. The van der Waals surface area contributed by atoms with Crippen LogP contribution in [-0.4, -0.2) is 12.5 Å². The second-order valence-electron chi connectivity index (χ2n) is 3.92. The fraction of sp³-hybridized carbons (Fsp3) is 0.286. The number of halogens is 2. The predicted molar refractivity (Wildman–Crippen MR) is 78.0 cm³/mol. The first-order chi connectivity index (χ1) is 9.10. The van der Waals surface area contributed by atoms with Crippen molar-refractivity contribution < 1.29 is 4.79 Å². The maximum atomic E-state index is 11.8. The third kappa shape index (κ3) is 4.59. The van der Waals surface area contributed by atoms with Crippen molar-refractivity contribution in [2.45, 2.75) is 19.8 Å². The molecule has 0 aliphatic carbocycles. The molecule has 0 saturated carbocycles. The van der Waals surface area contributed by atoms with Crippen LogP contribution in [0.2, 0.25) is 10.0 Å². The highest BCUT2D eigenvalue weighted by Crippen LogP contribution is 2.27. The normalized spacial score (nSPS) is 10.9. The summed E-state index contributed by atoms with van der Waals surface area (Å²) in [5.41, 5.74) is 0.566. The summed E-state index contributed by atoms with van der Waals surface area (Å²) in [4.78, 5) is 11.8. The van der Waals surface area contributed by atoms with E-state index in [9.17, 15) is 4.79 Å². The number of rotatable bonds is 5. The van der Waals surface area contributed by atoms with E-state index in [1.165, 1.54) is 6.08 Å². The number of hydrogen-bond acceptors (Lipinski definition) is 2. The molecule has 1 N–H and O–H groups in total. The first kappa shape index (κ1) is 15.6. The maximum absolute atomic E-state index is 11.8. The van der Waals surface area contributed by atoms with E-state index in [1.807, 2.05) is 13.0 Å². The molecule has 0 heterocycles. The molecule has 0 unspecified atom stereocenters. The lowest BCUT2D eigenvalue weighted by molar-refractivity contribution is -0.117. The number of nitrogens with zero attached hydrogens (tertiary/aromatic N) is 1.